The van der Waals surface area contributed by atoms with Crippen molar-refractivity contribution in [3.8, 4) is 0 Å². The van der Waals surface area contributed by atoms with Crippen LogP contribution in [0.5, 0.6) is 0 Å². The number of hydrogen-bond acceptors (Lipinski definition) is 4. The SMILES string of the molecule is CCOC1CC(O)C12CCN(C(=O)c1cc(CC)c(CC)o1)CC2. The number of ether oxygens (including phenoxy) is 1. The first-order valence-corrected chi connectivity index (χ1v) is 9.26. The molecule has 1 aromatic heterocycles. The molecule has 5 nitrogen and oxygen atoms in total. The molecule has 2 atom stereocenters. The number of hydrogen-bond donors (Lipinski definition) is 1. The van der Waals surface area contributed by atoms with Crippen LogP contribution in [0.1, 0.15) is 61.9 Å². The summed E-state index contributed by atoms with van der Waals surface area (Å²) in [6.45, 7) is 8.10. The molecule has 5 heteroatoms. The lowest BCUT2D eigenvalue weighted by Gasteiger charge is -2.56. The number of nitrogens with zero attached hydrogens (tertiary/aromatic N) is 1. The molecule has 0 radical (unpaired) electrons. The molecular weight excluding hydrogens is 306 g/mol. The summed E-state index contributed by atoms with van der Waals surface area (Å²) in [5, 5.41) is 10.3. The monoisotopic (exact) mass is 335 g/mol. The van der Waals surface area contributed by atoms with E-state index in [-0.39, 0.29) is 23.5 Å². The van der Waals surface area contributed by atoms with Crippen LogP contribution in [0, 0.1) is 5.41 Å². The average molecular weight is 335 g/mol. The summed E-state index contributed by atoms with van der Waals surface area (Å²) in [5.74, 6) is 1.34. The van der Waals surface area contributed by atoms with Crippen LogP contribution in [-0.2, 0) is 17.6 Å². The molecule has 1 saturated carbocycles. The van der Waals surface area contributed by atoms with Gasteiger partial charge in [0.15, 0.2) is 5.76 Å². The molecule has 1 aromatic rings. The van der Waals surface area contributed by atoms with E-state index in [0.29, 0.717) is 25.5 Å². The van der Waals surface area contributed by atoms with E-state index in [9.17, 15) is 9.90 Å². The van der Waals surface area contributed by atoms with Crippen LogP contribution in [0.25, 0.3) is 0 Å². The fourth-order valence-corrected chi connectivity index (χ4v) is 4.27. The Bertz CT molecular complexity index is 563. The number of carbonyl (C=O) groups excluding carboxylic acids is 1. The minimum atomic E-state index is -0.298. The third kappa shape index (κ3) is 2.78. The quantitative estimate of drug-likeness (QED) is 0.899. The molecule has 1 amide bonds. The van der Waals surface area contributed by atoms with Gasteiger partial charge in [-0.15, -0.1) is 0 Å². The Hall–Kier alpha value is -1.33. The van der Waals surface area contributed by atoms with E-state index >= 15 is 0 Å². The van der Waals surface area contributed by atoms with Crippen molar-refractivity contribution in [2.24, 2.45) is 5.41 Å². The summed E-state index contributed by atoms with van der Waals surface area (Å²) in [6, 6.07) is 1.90. The number of aliphatic hydroxyl groups excluding tert-OH is 1. The molecule has 134 valence electrons. The molecule has 1 aliphatic heterocycles. The van der Waals surface area contributed by atoms with Crippen molar-refractivity contribution in [2.75, 3.05) is 19.7 Å². The van der Waals surface area contributed by atoms with E-state index in [1.165, 1.54) is 0 Å². The van der Waals surface area contributed by atoms with Gasteiger partial charge in [-0.25, -0.2) is 0 Å². The lowest BCUT2D eigenvalue weighted by atomic mass is 9.58. The largest absolute Gasteiger partial charge is 0.456 e. The minimum Gasteiger partial charge on any atom is -0.456 e. The minimum absolute atomic E-state index is 0.0268. The maximum Gasteiger partial charge on any atom is 0.289 e. The van der Waals surface area contributed by atoms with E-state index in [2.05, 4.69) is 6.92 Å². The third-order valence-electron chi connectivity index (χ3n) is 5.90. The second-order valence-electron chi connectivity index (χ2n) is 6.99. The predicted molar refractivity (Wildman–Crippen MR) is 91.1 cm³/mol. The van der Waals surface area contributed by atoms with Gasteiger partial charge < -0.3 is 19.2 Å². The first kappa shape index (κ1) is 17.5. The first-order chi connectivity index (χ1) is 11.6. The van der Waals surface area contributed by atoms with Gasteiger partial charge in [0.05, 0.1) is 12.2 Å². The Morgan fingerprint density at radius 2 is 2.04 bits per heavy atom. The number of likely N-dealkylation sites (tertiary alicyclic amines) is 1. The van der Waals surface area contributed by atoms with Crippen LogP contribution in [0.15, 0.2) is 10.5 Å². The van der Waals surface area contributed by atoms with Crippen molar-refractivity contribution >= 4 is 5.91 Å². The number of aliphatic hydroxyl groups is 1. The van der Waals surface area contributed by atoms with Crippen molar-refractivity contribution in [2.45, 2.75) is 65.1 Å². The molecule has 2 fully saturated rings. The van der Waals surface area contributed by atoms with Gasteiger partial charge in [-0.3, -0.25) is 4.79 Å². The van der Waals surface area contributed by atoms with Crippen molar-refractivity contribution in [3.63, 3.8) is 0 Å². The maximum atomic E-state index is 12.7. The van der Waals surface area contributed by atoms with E-state index < -0.39 is 0 Å². The van der Waals surface area contributed by atoms with E-state index in [0.717, 1.165) is 43.4 Å². The molecular formula is C19H29NO4. The molecule has 1 aliphatic carbocycles. The van der Waals surface area contributed by atoms with Crippen LogP contribution in [0.3, 0.4) is 0 Å². The number of rotatable bonds is 5. The summed E-state index contributed by atoms with van der Waals surface area (Å²) in [4.78, 5) is 14.6. The summed E-state index contributed by atoms with van der Waals surface area (Å²) >= 11 is 0. The highest BCUT2D eigenvalue weighted by molar-refractivity contribution is 5.92. The second-order valence-corrected chi connectivity index (χ2v) is 6.99. The van der Waals surface area contributed by atoms with E-state index in [4.69, 9.17) is 9.15 Å². The number of aryl methyl sites for hydroxylation is 2. The molecule has 3 rings (SSSR count). The van der Waals surface area contributed by atoms with Gasteiger partial charge in [-0.05, 0) is 37.8 Å². The summed E-state index contributed by atoms with van der Waals surface area (Å²) in [5.41, 5.74) is 0.971. The number of furan rings is 1. The first-order valence-electron chi connectivity index (χ1n) is 9.26. The predicted octanol–water partition coefficient (Wildman–Crippen LogP) is 2.80. The van der Waals surface area contributed by atoms with Gasteiger partial charge in [0.2, 0.25) is 0 Å². The van der Waals surface area contributed by atoms with Gasteiger partial charge >= 0.3 is 0 Å². The highest BCUT2D eigenvalue weighted by Gasteiger charge is 2.56. The van der Waals surface area contributed by atoms with Gasteiger partial charge in [0, 0.05) is 38.0 Å². The van der Waals surface area contributed by atoms with Crippen LogP contribution in [0.2, 0.25) is 0 Å². The Balaban J connectivity index is 1.66. The van der Waals surface area contributed by atoms with Crippen molar-refractivity contribution < 1.29 is 19.1 Å². The standard InChI is InChI=1S/C19H29NO4/c1-4-13-11-15(24-14(13)5-2)18(22)20-9-7-19(8-10-20)16(21)12-17(19)23-6-3/h11,16-17,21H,4-10,12H2,1-3H3. The summed E-state index contributed by atoms with van der Waals surface area (Å²) in [6.07, 6.45) is 3.84. The lowest BCUT2D eigenvalue weighted by molar-refractivity contribution is -0.207. The highest BCUT2D eigenvalue weighted by atomic mass is 16.5. The normalized spacial score (nSPS) is 25.8. The Kier molecular flexibility index (Phi) is 5.02. The second kappa shape index (κ2) is 6.89. The molecule has 1 N–H and O–H groups in total. The van der Waals surface area contributed by atoms with E-state index in [1.807, 2.05) is 24.8 Å². The van der Waals surface area contributed by atoms with Gasteiger partial charge in [0.25, 0.3) is 5.91 Å². The lowest BCUT2D eigenvalue weighted by Crippen LogP contribution is -2.62. The van der Waals surface area contributed by atoms with Crippen molar-refractivity contribution in [3.05, 3.63) is 23.2 Å². The van der Waals surface area contributed by atoms with Crippen LogP contribution in [-0.4, -0.2) is 47.8 Å². The summed E-state index contributed by atoms with van der Waals surface area (Å²) in [7, 11) is 0. The Morgan fingerprint density at radius 1 is 1.33 bits per heavy atom. The molecule has 2 aliphatic rings. The molecule has 2 heterocycles. The average Bonchev–Trinajstić information content (AvgIpc) is 3.04. The summed E-state index contributed by atoms with van der Waals surface area (Å²) < 4.78 is 11.6. The third-order valence-corrected chi connectivity index (χ3v) is 5.90. The van der Waals surface area contributed by atoms with Gasteiger partial charge in [-0.1, -0.05) is 13.8 Å². The van der Waals surface area contributed by atoms with Crippen LogP contribution < -0.4 is 0 Å². The van der Waals surface area contributed by atoms with Crippen molar-refractivity contribution in [1.29, 1.82) is 0 Å². The molecule has 0 bridgehead atoms. The Morgan fingerprint density at radius 3 is 2.54 bits per heavy atom. The number of carbonyl (C=O) groups is 1. The smallest absolute Gasteiger partial charge is 0.289 e. The molecule has 1 spiro atoms. The molecule has 0 aromatic carbocycles. The molecule has 1 saturated heterocycles. The van der Waals surface area contributed by atoms with Crippen LogP contribution in [0.4, 0.5) is 0 Å². The zero-order chi connectivity index (χ0) is 17.3. The van der Waals surface area contributed by atoms with Crippen molar-refractivity contribution in [1.82, 2.24) is 4.90 Å². The van der Waals surface area contributed by atoms with Gasteiger partial charge in [0.1, 0.15) is 5.76 Å². The maximum absolute atomic E-state index is 12.7. The fourth-order valence-electron chi connectivity index (χ4n) is 4.27. The van der Waals surface area contributed by atoms with E-state index in [1.54, 1.807) is 0 Å². The highest BCUT2D eigenvalue weighted by Crippen LogP contribution is 2.51. The molecule has 2 unspecified atom stereocenters. The zero-order valence-electron chi connectivity index (χ0n) is 15.0. The van der Waals surface area contributed by atoms with Crippen LogP contribution >= 0.6 is 0 Å². The molecule has 24 heavy (non-hydrogen) atoms. The fraction of sp³-hybridized carbons (Fsp3) is 0.737. The topological polar surface area (TPSA) is 62.9 Å². The Labute approximate surface area is 144 Å². The number of amides is 1. The number of piperidine rings is 1. The zero-order valence-corrected chi connectivity index (χ0v) is 15.0. The van der Waals surface area contributed by atoms with Gasteiger partial charge in [-0.2, -0.15) is 0 Å².